The number of hydrogen-bond acceptors (Lipinski definition) is 2. The van der Waals surface area contributed by atoms with E-state index in [1.807, 2.05) is 49.5 Å². The van der Waals surface area contributed by atoms with E-state index in [1.54, 1.807) is 0 Å². The molecule has 114 valence electrons. The lowest BCUT2D eigenvalue weighted by Gasteiger charge is -2.14. The highest BCUT2D eigenvalue weighted by Gasteiger charge is 2.18. The third kappa shape index (κ3) is 2.97. The van der Waals surface area contributed by atoms with Crippen molar-refractivity contribution in [2.75, 3.05) is 0 Å². The third-order valence-electron chi connectivity index (χ3n) is 3.90. The van der Waals surface area contributed by atoms with E-state index in [0.717, 1.165) is 29.0 Å². The van der Waals surface area contributed by atoms with Crippen molar-refractivity contribution in [2.45, 2.75) is 31.3 Å². The maximum atomic E-state index is 12.8. The Hall–Kier alpha value is -1.94. The van der Waals surface area contributed by atoms with Gasteiger partial charge < -0.3 is 4.40 Å². The molecular formula is C18H20N2OS. The van der Waals surface area contributed by atoms with E-state index in [0.29, 0.717) is 5.75 Å². The van der Waals surface area contributed by atoms with Gasteiger partial charge in [-0.25, -0.2) is 4.98 Å². The van der Waals surface area contributed by atoms with Crippen LogP contribution in [0.4, 0.5) is 0 Å². The zero-order valence-corrected chi connectivity index (χ0v) is 13.7. The maximum absolute atomic E-state index is 12.8. The summed E-state index contributed by atoms with van der Waals surface area (Å²) < 4.78 is 14.8. The lowest BCUT2D eigenvalue weighted by molar-refractivity contribution is 0.667. The zero-order chi connectivity index (χ0) is 15.5. The van der Waals surface area contributed by atoms with Gasteiger partial charge in [0, 0.05) is 22.7 Å². The topological polar surface area (TPSA) is 34.4 Å². The largest absolute Gasteiger partial charge is 0.304 e. The smallest absolute Gasteiger partial charge is 0.137 e. The molecule has 0 spiro atoms. The molecule has 4 heteroatoms. The summed E-state index contributed by atoms with van der Waals surface area (Å²) in [7, 11) is -0.969. The number of aryl methyl sites for hydroxylation is 1. The van der Waals surface area contributed by atoms with Gasteiger partial charge in [-0.1, -0.05) is 43.3 Å². The van der Waals surface area contributed by atoms with E-state index in [-0.39, 0.29) is 5.25 Å². The molecule has 3 aromatic rings. The van der Waals surface area contributed by atoms with Crippen LogP contribution >= 0.6 is 0 Å². The summed E-state index contributed by atoms with van der Waals surface area (Å²) in [5.74, 6) is 0.495. The summed E-state index contributed by atoms with van der Waals surface area (Å²) in [6, 6.07) is 16.1. The van der Waals surface area contributed by atoms with Crippen molar-refractivity contribution in [3.05, 3.63) is 71.7 Å². The van der Waals surface area contributed by atoms with Crippen molar-refractivity contribution in [1.82, 2.24) is 9.38 Å². The van der Waals surface area contributed by atoms with Crippen LogP contribution in [0.2, 0.25) is 0 Å². The van der Waals surface area contributed by atoms with Gasteiger partial charge in [0.2, 0.25) is 0 Å². The number of rotatable bonds is 5. The molecule has 0 bridgehead atoms. The molecule has 0 aliphatic rings. The molecule has 2 atom stereocenters. The van der Waals surface area contributed by atoms with E-state index in [2.05, 4.69) is 28.4 Å². The first-order valence-electron chi connectivity index (χ1n) is 7.54. The predicted octanol–water partition coefficient (Wildman–Crippen LogP) is 4.04. The second-order valence-electron chi connectivity index (χ2n) is 5.46. The van der Waals surface area contributed by atoms with Gasteiger partial charge in [0.1, 0.15) is 5.65 Å². The summed E-state index contributed by atoms with van der Waals surface area (Å²) in [6.45, 7) is 4.14. The lowest BCUT2D eigenvalue weighted by Crippen LogP contribution is -2.08. The fourth-order valence-corrected chi connectivity index (χ4v) is 4.22. The molecule has 3 nitrogen and oxygen atoms in total. The van der Waals surface area contributed by atoms with Crippen LogP contribution in [0, 0.1) is 6.92 Å². The molecule has 3 rings (SSSR count). The summed E-state index contributed by atoms with van der Waals surface area (Å²) in [5.41, 5.74) is 4.09. The molecule has 0 saturated heterocycles. The van der Waals surface area contributed by atoms with Gasteiger partial charge in [0.25, 0.3) is 0 Å². The van der Waals surface area contributed by atoms with Crippen molar-refractivity contribution >= 4 is 16.4 Å². The number of imidazole rings is 1. The molecule has 22 heavy (non-hydrogen) atoms. The number of hydrogen-bond donors (Lipinski definition) is 0. The Balaban J connectivity index is 1.84. The summed E-state index contributed by atoms with van der Waals surface area (Å²) >= 11 is 0. The highest BCUT2D eigenvalue weighted by atomic mass is 32.2. The third-order valence-corrected chi connectivity index (χ3v) is 5.72. The fourth-order valence-electron chi connectivity index (χ4n) is 2.76. The van der Waals surface area contributed by atoms with Crippen molar-refractivity contribution in [3.8, 4) is 0 Å². The molecule has 2 heterocycles. The second kappa shape index (κ2) is 6.44. The standard InChI is InChI=1S/C18H20N2OS/c1-3-17(15-9-5-4-6-10-15)22(21)13-16-12-20-14(2)8-7-11-18(20)19-16/h4-12,17H,3,13H2,1-2H3. The van der Waals surface area contributed by atoms with Gasteiger partial charge in [-0.3, -0.25) is 4.21 Å². The first-order chi connectivity index (χ1) is 10.7. The first-order valence-corrected chi connectivity index (χ1v) is 8.93. The number of pyridine rings is 1. The maximum Gasteiger partial charge on any atom is 0.137 e. The van der Waals surface area contributed by atoms with Gasteiger partial charge in [0.05, 0.1) is 16.7 Å². The van der Waals surface area contributed by atoms with Crippen molar-refractivity contribution in [1.29, 1.82) is 0 Å². The lowest BCUT2D eigenvalue weighted by atomic mass is 10.1. The Bertz CT molecular complexity index is 795. The Morgan fingerprint density at radius 1 is 1.14 bits per heavy atom. The van der Waals surface area contributed by atoms with Gasteiger partial charge in [0.15, 0.2) is 0 Å². The van der Waals surface area contributed by atoms with Crippen LogP contribution in [0.15, 0.2) is 54.7 Å². The summed E-state index contributed by atoms with van der Waals surface area (Å²) in [6.07, 6.45) is 2.86. The minimum atomic E-state index is -0.969. The molecule has 0 amide bonds. The van der Waals surface area contributed by atoms with Crippen LogP contribution < -0.4 is 0 Å². The molecule has 0 aliphatic heterocycles. The van der Waals surface area contributed by atoms with E-state index >= 15 is 0 Å². The van der Waals surface area contributed by atoms with Gasteiger partial charge in [-0.05, 0) is 31.0 Å². The number of nitrogens with zero attached hydrogens (tertiary/aromatic N) is 2. The Kier molecular flexibility index (Phi) is 4.39. The van der Waals surface area contributed by atoms with Crippen molar-refractivity contribution in [3.63, 3.8) is 0 Å². The van der Waals surface area contributed by atoms with Crippen LogP contribution in [-0.4, -0.2) is 13.6 Å². The van der Waals surface area contributed by atoms with Gasteiger partial charge in [-0.15, -0.1) is 0 Å². The van der Waals surface area contributed by atoms with Crippen LogP contribution in [-0.2, 0) is 16.6 Å². The summed E-state index contributed by atoms with van der Waals surface area (Å²) in [5, 5.41) is 0.0621. The Morgan fingerprint density at radius 3 is 2.59 bits per heavy atom. The average Bonchev–Trinajstić information content (AvgIpc) is 2.93. The Labute approximate surface area is 133 Å². The number of aromatic nitrogens is 2. The van der Waals surface area contributed by atoms with Gasteiger partial charge in [-0.2, -0.15) is 0 Å². The van der Waals surface area contributed by atoms with Crippen LogP contribution in [0.1, 0.15) is 35.5 Å². The highest BCUT2D eigenvalue weighted by molar-refractivity contribution is 7.84. The van der Waals surface area contributed by atoms with Crippen molar-refractivity contribution in [2.24, 2.45) is 0 Å². The molecular weight excluding hydrogens is 292 g/mol. The predicted molar refractivity (Wildman–Crippen MR) is 91.2 cm³/mol. The fraction of sp³-hybridized carbons (Fsp3) is 0.278. The van der Waals surface area contributed by atoms with Crippen LogP contribution in [0.3, 0.4) is 0 Å². The minimum Gasteiger partial charge on any atom is -0.304 e. The summed E-state index contributed by atoms with van der Waals surface area (Å²) in [4.78, 5) is 4.59. The monoisotopic (exact) mass is 312 g/mol. The van der Waals surface area contributed by atoms with Crippen LogP contribution in [0.25, 0.3) is 5.65 Å². The zero-order valence-electron chi connectivity index (χ0n) is 12.9. The minimum absolute atomic E-state index is 0.0621. The van der Waals surface area contributed by atoms with E-state index in [1.165, 1.54) is 0 Å². The molecule has 0 fully saturated rings. The Morgan fingerprint density at radius 2 is 1.91 bits per heavy atom. The van der Waals surface area contributed by atoms with E-state index < -0.39 is 10.8 Å². The number of fused-ring (bicyclic) bond motifs is 1. The molecule has 1 aromatic carbocycles. The second-order valence-corrected chi connectivity index (χ2v) is 7.08. The molecule has 0 N–H and O–H groups in total. The molecule has 0 aliphatic carbocycles. The van der Waals surface area contributed by atoms with Crippen molar-refractivity contribution < 1.29 is 4.21 Å². The SMILES string of the molecule is CCC(c1ccccc1)S(=O)Cc1cn2c(C)cccc2n1. The van der Waals surface area contributed by atoms with E-state index in [9.17, 15) is 4.21 Å². The molecule has 0 saturated carbocycles. The highest BCUT2D eigenvalue weighted by Crippen LogP contribution is 2.25. The first kappa shape index (κ1) is 15.0. The normalized spacial score (nSPS) is 14.1. The van der Waals surface area contributed by atoms with E-state index in [4.69, 9.17) is 0 Å². The molecule has 0 radical (unpaired) electrons. The molecule has 2 unspecified atom stereocenters. The quantitative estimate of drug-likeness (QED) is 0.712. The molecule has 2 aromatic heterocycles. The van der Waals surface area contributed by atoms with Crippen LogP contribution in [0.5, 0.6) is 0 Å². The average molecular weight is 312 g/mol. The van der Waals surface area contributed by atoms with Gasteiger partial charge >= 0.3 is 0 Å². The number of benzene rings is 1.